The van der Waals surface area contributed by atoms with E-state index in [2.05, 4.69) is 20.8 Å². The van der Waals surface area contributed by atoms with Gasteiger partial charge in [-0.1, -0.05) is 59.7 Å². The van der Waals surface area contributed by atoms with Crippen molar-refractivity contribution in [2.24, 2.45) is 16.7 Å². The second kappa shape index (κ2) is 12.6. The van der Waals surface area contributed by atoms with Crippen LogP contribution in [0.4, 0.5) is 0 Å². The summed E-state index contributed by atoms with van der Waals surface area (Å²) in [5.74, 6) is -2.28. The zero-order valence-corrected chi connectivity index (χ0v) is 30.4. The number of hydrogen-bond acceptors (Lipinski definition) is 10. The van der Waals surface area contributed by atoms with Gasteiger partial charge in [-0.25, -0.2) is 4.79 Å². The Hall–Kier alpha value is -2.12. The molecular formula is C36H54O10Si. The summed E-state index contributed by atoms with van der Waals surface area (Å²) in [7, 11) is -0.836. The smallest absolute Gasteiger partial charge is 0.338 e. The maximum Gasteiger partial charge on any atom is 0.338 e. The molecule has 0 aromatic heterocycles. The minimum Gasteiger partial charge on any atom is -0.455 e. The van der Waals surface area contributed by atoms with Gasteiger partial charge in [0, 0.05) is 37.7 Å². The molecular weight excluding hydrogens is 620 g/mol. The molecule has 4 aliphatic rings. The number of ether oxygens (including phenoxy) is 4. The number of benzene rings is 1. The molecule has 3 N–H and O–H groups in total. The van der Waals surface area contributed by atoms with Crippen molar-refractivity contribution in [1.29, 1.82) is 0 Å². The van der Waals surface area contributed by atoms with E-state index in [4.69, 9.17) is 23.4 Å². The monoisotopic (exact) mass is 674 g/mol. The molecule has 1 aliphatic heterocycles. The molecule has 2 unspecified atom stereocenters. The third-order valence-electron chi connectivity index (χ3n) is 12.7. The van der Waals surface area contributed by atoms with Crippen LogP contribution in [-0.4, -0.2) is 97.1 Å². The summed E-state index contributed by atoms with van der Waals surface area (Å²) in [5, 5.41) is 38.3. The highest BCUT2D eigenvalue weighted by molar-refractivity contribution is 6.73. The summed E-state index contributed by atoms with van der Waals surface area (Å²) in [4.78, 5) is 27.0. The Balaban J connectivity index is 1.84. The summed E-state index contributed by atoms with van der Waals surface area (Å²) in [6.45, 7) is 14.9. The van der Waals surface area contributed by atoms with Crippen LogP contribution >= 0.6 is 0 Å². The quantitative estimate of drug-likeness (QED) is 0.194. The normalized spacial score (nSPS) is 39.4. The van der Waals surface area contributed by atoms with Gasteiger partial charge >= 0.3 is 11.9 Å². The van der Waals surface area contributed by atoms with Crippen LogP contribution in [0.3, 0.4) is 0 Å². The molecule has 11 heteroatoms. The van der Waals surface area contributed by atoms with Crippen LogP contribution in [0.15, 0.2) is 41.5 Å². The molecule has 10 atom stereocenters. The number of rotatable bonds is 9. The number of aliphatic hydroxyl groups excluding tert-OH is 2. The predicted molar refractivity (Wildman–Crippen MR) is 177 cm³/mol. The van der Waals surface area contributed by atoms with E-state index in [1.165, 1.54) is 14.0 Å². The Labute approximate surface area is 279 Å². The Bertz CT molecular complexity index is 1370. The molecule has 0 radical (unpaired) electrons. The van der Waals surface area contributed by atoms with Crippen molar-refractivity contribution < 1.29 is 48.3 Å². The number of carbonyl (C=O) groups is 2. The van der Waals surface area contributed by atoms with Gasteiger partial charge in [-0.3, -0.25) is 4.79 Å². The Morgan fingerprint density at radius 2 is 1.66 bits per heavy atom. The fraction of sp³-hybridized carbons (Fsp3) is 0.722. The molecule has 10 nitrogen and oxygen atoms in total. The fourth-order valence-electron chi connectivity index (χ4n) is 9.58. The van der Waals surface area contributed by atoms with E-state index in [0.717, 1.165) is 18.1 Å². The third kappa shape index (κ3) is 5.27. The number of carbonyl (C=O) groups excluding carboxylic acids is 2. The lowest BCUT2D eigenvalue weighted by Gasteiger charge is -2.70. The zero-order chi connectivity index (χ0) is 34.7. The third-order valence-corrected chi connectivity index (χ3v) is 17.4. The lowest BCUT2D eigenvalue weighted by atomic mass is 9.44. The number of hydrogen-bond donors (Lipinski definition) is 3. The van der Waals surface area contributed by atoms with Crippen LogP contribution in [-0.2, 0) is 28.2 Å². The second-order valence-electron chi connectivity index (χ2n) is 14.9. The van der Waals surface area contributed by atoms with Crippen molar-refractivity contribution in [2.75, 3.05) is 13.7 Å². The summed E-state index contributed by atoms with van der Waals surface area (Å²) in [5.41, 5.74) is -4.44. The molecule has 0 spiro atoms. The zero-order valence-electron chi connectivity index (χ0n) is 29.4. The highest BCUT2D eigenvalue weighted by Crippen LogP contribution is 2.65. The van der Waals surface area contributed by atoms with E-state index in [0.29, 0.717) is 17.6 Å². The number of methoxy groups -OCH3 is 1. The number of esters is 2. The Kier molecular flexibility index (Phi) is 9.73. The maximum atomic E-state index is 14.1. The first kappa shape index (κ1) is 36.2. The van der Waals surface area contributed by atoms with Crippen LogP contribution in [0.1, 0.15) is 78.6 Å². The summed E-state index contributed by atoms with van der Waals surface area (Å²) in [6, 6.07) is 11.0. The van der Waals surface area contributed by atoms with Gasteiger partial charge in [0.25, 0.3) is 0 Å². The van der Waals surface area contributed by atoms with Crippen LogP contribution in [0.25, 0.3) is 0 Å². The van der Waals surface area contributed by atoms with E-state index in [-0.39, 0.29) is 18.6 Å². The van der Waals surface area contributed by atoms with Gasteiger partial charge in [0.1, 0.15) is 23.9 Å². The number of aliphatic hydroxyl groups is 3. The summed E-state index contributed by atoms with van der Waals surface area (Å²) >= 11 is 0. The largest absolute Gasteiger partial charge is 0.455 e. The van der Waals surface area contributed by atoms with Gasteiger partial charge < -0.3 is 38.7 Å². The predicted octanol–water partition coefficient (Wildman–Crippen LogP) is 4.56. The van der Waals surface area contributed by atoms with Crippen molar-refractivity contribution in [3.05, 3.63) is 47.0 Å². The standard InChI is InChI=1S/C36H54O10Si/c1-10-47(11-2,12-3)46-25-18-26-35(20-43-26,45-22(5)37)29-31(44-32(40)23-16-14-13-15-17-23)36(41)19-24(42-9)21(4)27(33(36,6)7)28(38)30(39)34(25,29)8/h13-17,24-26,28-31,38-39,41H,10-12,18-20H2,1-9H3/t24?,25?,26-,28+,29+,30+,31+,34-,35+,36-/m1/s1. The maximum absolute atomic E-state index is 14.1. The molecule has 1 aromatic rings. The van der Waals surface area contributed by atoms with Crippen molar-refractivity contribution in [3.8, 4) is 0 Å². The van der Waals surface area contributed by atoms with E-state index in [1.807, 2.05) is 13.8 Å². The topological polar surface area (TPSA) is 141 Å². The van der Waals surface area contributed by atoms with Crippen molar-refractivity contribution in [1.82, 2.24) is 0 Å². The van der Waals surface area contributed by atoms with Crippen LogP contribution < -0.4 is 0 Å². The molecule has 3 fully saturated rings. The molecule has 47 heavy (non-hydrogen) atoms. The lowest BCUT2D eigenvalue weighted by molar-refractivity contribution is -0.363. The molecule has 0 amide bonds. The van der Waals surface area contributed by atoms with Gasteiger partial charge in [0.05, 0.1) is 36.4 Å². The molecule has 2 bridgehead atoms. The molecule has 1 aromatic carbocycles. The highest BCUT2D eigenvalue weighted by Gasteiger charge is 2.78. The highest BCUT2D eigenvalue weighted by atomic mass is 28.4. The van der Waals surface area contributed by atoms with Crippen molar-refractivity contribution in [3.63, 3.8) is 0 Å². The van der Waals surface area contributed by atoms with E-state index in [1.54, 1.807) is 44.2 Å². The minimum absolute atomic E-state index is 0.0265. The molecule has 262 valence electrons. The van der Waals surface area contributed by atoms with Crippen molar-refractivity contribution >= 4 is 20.3 Å². The summed E-state index contributed by atoms with van der Waals surface area (Å²) in [6.07, 6.45) is -5.92. The van der Waals surface area contributed by atoms with Gasteiger partial charge in [0.15, 0.2) is 13.9 Å². The fourth-order valence-corrected chi connectivity index (χ4v) is 12.5. The number of fused-ring (bicyclic) bond motifs is 5. The first-order chi connectivity index (χ1) is 22.0. The van der Waals surface area contributed by atoms with Gasteiger partial charge in [-0.15, -0.1) is 0 Å². The van der Waals surface area contributed by atoms with Crippen LogP contribution in [0.5, 0.6) is 0 Å². The average molecular weight is 675 g/mol. The lowest BCUT2D eigenvalue weighted by Crippen LogP contribution is -2.82. The Morgan fingerprint density at radius 1 is 1.04 bits per heavy atom. The van der Waals surface area contributed by atoms with Gasteiger partial charge in [0.2, 0.25) is 0 Å². The minimum atomic E-state index is -2.36. The van der Waals surface area contributed by atoms with E-state index < -0.39 is 84.8 Å². The average Bonchev–Trinajstić information content (AvgIpc) is 3.04. The van der Waals surface area contributed by atoms with E-state index in [9.17, 15) is 24.9 Å². The first-order valence-electron chi connectivity index (χ1n) is 17.1. The van der Waals surface area contributed by atoms with Crippen molar-refractivity contribution in [2.45, 2.75) is 134 Å². The molecule has 2 saturated carbocycles. The second-order valence-corrected chi connectivity index (χ2v) is 19.7. The van der Waals surface area contributed by atoms with Crippen LogP contribution in [0, 0.1) is 16.7 Å². The molecule has 1 heterocycles. The van der Waals surface area contributed by atoms with Crippen LogP contribution in [0.2, 0.25) is 18.1 Å². The van der Waals surface area contributed by atoms with Gasteiger partial charge in [-0.05, 0) is 48.3 Å². The van der Waals surface area contributed by atoms with Gasteiger partial charge in [-0.2, -0.15) is 0 Å². The first-order valence-corrected chi connectivity index (χ1v) is 19.6. The SMILES string of the molecule is CC[Si](CC)(CC)OC1C[C@H]2OC[C@@]2(OC(C)=O)[C@H]2[C@H](OC(=O)c3ccccc3)[C@]3(O)CC(OC)C(C)=C([C@H](O)[C@H](O)[C@]12C)C3(C)C. The molecule has 3 aliphatic carbocycles. The molecule has 5 rings (SSSR count). The molecule has 1 saturated heterocycles. The van der Waals surface area contributed by atoms with E-state index >= 15 is 0 Å². The summed E-state index contributed by atoms with van der Waals surface area (Å²) < 4.78 is 32.0. The Morgan fingerprint density at radius 3 is 2.17 bits per heavy atom.